The van der Waals surface area contributed by atoms with Crippen LogP contribution in [0, 0.1) is 120 Å². The van der Waals surface area contributed by atoms with Gasteiger partial charge in [0.05, 0.1) is 0 Å². The molecule has 7 aliphatic rings. The van der Waals surface area contributed by atoms with E-state index >= 15 is 0 Å². The van der Waals surface area contributed by atoms with Crippen LogP contribution in [0.15, 0.2) is 0 Å². The Kier molecular flexibility index (Phi) is 15.8. The van der Waals surface area contributed by atoms with Crippen LogP contribution in [0.5, 0.6) is 0 Å². The number of fused-ring (bicyclic) bond motifs is 2. The van der Waals surface area contributed by atoms with E-state index in [1.807, 2.05) is 0 Å². The molecule has 0 aromatic carbocycles. The molecule has 7 rings (SSSR count). The van der Waals surface area contributed by atoms with Crippen molar-refractivity contribution in [3.8, 4) is 0 Å². The Morgan fingerprint density at radius 3 is 0.600 bits per heavy atom. The van der Waals surface area contributed by atoms with E-state index in [9.17, 15) is 0 Å². The third-order valence-corrected chi connectivity index (χ3v) is 19.8. The molecule has 0 radical (unpaired) electrons. The Balaban J connectivity index is 0.000000178. The van der Waals surface area contributed by atoms with Crippen molar-refractivity contribution in [1.29, 1.82) is 0 Å². The summed E-state index contributed by atoms with van der Waals surface area (Å²) in [5, 5.41) is 0. The van der Waals surface area contributed by atoms with Gasteiger partial charge >= 0.3 is 0 Å². The van der Waals surface area contributed by atoms with Crippen molar-refractivity contribution < 1.29 is 0 Å². The predicted molar refractivity (Wildman–Crippen MR) is 269 cm³/mol. The zero-order valence-corrected chi connectivity index (χ0v) is 46.0. The van der Waals surface area contributed by atoms with Crippen molar-refractivity contribution >= 4 is 0 Å². The van der Waals surface area contributed by atoms with Crippen LogP contribution in [0.4, 0.5) is 0 Å². The Hall–Kier alpha value is 0. The summed E-state index contributed by atoms with van der Waals surface area (Å²) in [5.74, 6) is 12.2. The van der Waals surface area contributed by atoms with Gasteiger partial charge in [0.1, 0.15) is 0 Å². The highest BCUT2D eigenvalue weighted by molar-refractivity contribution is 5.07. The largest absolute Gasteiger partial charge is 0.0599 e. The van der Waals surface area contributed by atoms with Gasteiger partial charge in [0.2, 0.25) is 0 Å². The molecule has 0 nitrogen and oxygen atoms in total. The van der Waals surface area contributed by atoms with Gasteiger partial charge in [0, 0.05) is 0 Å². The van der Waals surface area contributed by atoms with Crippen LogP contribution in [-0.4, -0.2) is 0 Å². The van der Waals surface area contributed by atoms with Gasteiger partial charge in [-0.3, -0.25) is 0 Å². The first-order chi connectivity index (χ1) is 26.7. The van der Waals surface area contributed by atoms with E-state index in [0.29, 0.717) is 43.3 Å². The maximum absolute atomic E-state index is 2.44. The van der Waals surface area contributed by atoms with Gasteiger partial charge in [-0.15, -0.1) is 0 Å². The lowest BCUT2D eigenvalue weighted by Crippen LogP contribution is -2.53. The summed E-state index contributed by atoms with van der Waals surface area (Å²) in [7, 11) is 0. The number of hydrogen-bond donors (Lipinski definition) is 0. The minimum Gasteiger partial charge on any atom is -0.0599 e. The lowest BCUT2D eigenvalue weighted by atomic mass is 9.42. The fourth-order valence-electron chi connectivity index (χ4n) is 13.3. The van der Waals surface area contributed by atoms with Crippen LogP contribution < -0.4 is 0 Å². The van der Waals surface area contributed by atoms with Crippen molar-refractivity contribution in [2.24, 2.45) is 120 Å². The molecule has 0 heteroatoms. The van der Waals surface area contributed by atoms with Crippen LogP contribution in [-0.2, 0) is 0 Å². The molecule has 0 aromatic rings. The Labute approximate surface area is 380 Å². The molecule has 0 N–H and O–H groups in total. The normalized spacial score (nSPS) is 38.4. The van der Waals surface area contributed by atoms with Crippen molar-refractivity contribution in [2.75, 3.05) is 0 Å². The molecule has 0 aliphatic heterocycles. The minimum atomic E-state index is 0.533. The molecule has 1 spiro atoms. The predicted octanol–water partition coefficient (Wildman–Crippen LogP) is 19.6. The van der Waals surface area contributed by atoms with Crippen molar-refractivity contribution in [3.05, 3.63) is 0 Å². The Morgan fingerprint density at radius 1 is 0.217 bits per heavy atom. The van der Waals surface area contributed by atoms with E-state index in [0.717, 1.165) is 76.4 Å². The second kappa shape index (κ2) is 18.0. The molecule has 0 aromatic heterocycles. The molecule has 0 unspecified atom stereocenters. The molecule has 354 valence electrons. The van der Waals surface area contributed by atoms with Crippen LogP contribution in [0.2, 0.25) is 0 Å². The highest BCUT2D eigenvalue weighted by atomic mass is 14.6. The summed E-state index contributed by atoms with van der Waals surface area (Å²) in [6.07, 6.45) is 22.6. The van der Waals surface area contributed by atoms with Gasteiger partial charge in [0.15, 0.2) is 0 Å². The number of rotatable bonds is 1. The summed E-state index contributed by atoms with van der Waals surface area (Å²) in [6.45, 7) is 57.8. The van der Waals surface area contributed by atoms with Gasteiger partial charge in [-0.1, -0.05) is 166 Å². The molecule has 0 saturated heterocycles. The molecule has 0 amide bonds. The fourth-order valence-corrected chi connectivity index (χ4v) is 13.3. The van der Waals surface area contributed by atoms with Gasteiger partial charge in [-0.05, 0) is 216 Å². The van der Waals surface area contributed by atoms with E-state index in [1.165, 1.54) is 89.9 Å². The summed E-state index contributed by atoms with van der Waals surface area (Å²) in [6, 6.07) is 0. The molecule has 7 saturated carbocycles. The monoisotopic (exact) mass is 835 g/mol. The Bertz CT molecular complexity index is 1180. The number of hydrogen-bond acceptors (Lipinski definition) is 0. The highest BCUT2D eigenvalue weighted by Crippen LogP contribution is 2.67. The SMILES string of the molecule is CC(C)(C)C1CC(C(C)(C)C)C1.CC(C)(C)C1CC(C2CC(C(C)(C)C)C2)C1.CC(C)(C)C1CC2(C1)CC(C(C)(C)C)C2.CC(C)(C)C1CC2CC(C1)CC(C(C)(C)C)C2. The zero-order valence-electron chi connectivity index (χ0n) is 46.0. The van der Waals surface area contributed by atoms with Crippen molar-refractivity contribution in [1.82, 2.24) is 0 Å². The summed E-state index contributed by atoms with van der Waals surface area (Å²) < 4.78 is 0. The standard InChI is InChI=1S/C17H32.C16H30.C15H28.C12H24/c1-16(2,3)14-8-12-7-13(9-14)11-15(10-12)17(4,5)6;1-15(2,3)13-7-11(8-13)12-9-14(10-12)16(4,5)6;1-13(2,3)11-7-15(8-11)9-12(10-15)14(4,5)6;1-11(2,3)9-7-10(8-9)12(4,5)6/h12-15H,7-11H2,1-6H3;11-14H,7-10H2,1-6H3;11-12H,7-10H2,1-6H3;9-10H,7-8H2,1-6H3. The molecule has 60 heavy (non-hydrogen) atoms. The van der Waals surface area contributed by atoms with Crippen LogP contribution in [0.25, 0.3) is 0 Å². The molecule has 2 bridgehead atoms. The summed E-state index contributed by atoms with van der Waals surface area (Å²) in [4.78, 5) is 0. The Morgan fingerprint density at radius 2 is 0.400 bits per heavy atom. The average Bonchev–Trinajstić information content (AvgIpc) is 2.86. The first-order valence-electron chi connectivity index (χ1n) is 26.7. The fraction of sp³-hybridized carbons (Fsp3) is 1.00. The molecular formula is C60H114. The minimum absolute atomic E-state index is 0.533. The van der Waals surface area contributed by atoms with Crippen LogP contribution >= 0.6 is 0 Å². The summed E-state index contributed by atoms with van der Waals surface area (Å²) >= 11 is 0. The van der Waals surface area contributed by atoms with Gasteiger partial charge in [-0.2, -0.15) is 0 Å². The highest BCUT2D eigenvalue weighted by Gasteiger charge is 2.57. The van der Waals surface area contributed by atoms with Crippen LogP contribution in [0.1, 0.15) is 262 Å². The molecule has 0 atom stereocenters. The van der Waals surface area contributed by atoms with Gasteiger partial charge in [0.25, 0.3) is 0 Å². The second-order valence-electron chi connectivity index (χ2n) is 32.7. The van der Waals surface area contributed by atoms with E-state index < -0.39 is 0 Å². The second-order valence-corrected chi connectivity index (χ2v) is 32.7. The van der Waals surface area contributed by atoms with Crippen molar-refractivity contribution in [3.63, 3.8) is 0 Å². The van der Waals surface area contributed by atoms with E-state index in [-0.39, 0.29) is 0 Å². The maximum Gasteiger partial charge on any atom is -0.0286 e. The first kappa shape index (κ1) is 52.6. The first-order valence-corrected chi connectivity index (χ1v) is 26.7. The van der Waals surface area contributed by atoms with E-state index in [2.05, 4.69) is 166 Å². The third kappa shape index (κ3) is 14.0. The van der Waals surface area contributed by atoms with E-state index in [1.54, 1.807) is 6.42 Å². The smallest absolute Gasteiger partial charge is 0.0286 e. The quantitative estimate of drug-likeness (QED) is 0.247. The lowest BCUT2D eigenvalue weighted by molar-refractivity contribution is -0.129. The topological polar surface area (TPSA) is 0 Å². The molecule has 7 fully saturated rings. The van der Waals surface area contributed by atoms with Gasteiger partial charge < -0.3 is 0 Å². The summed E-state index contributed by atoms with van der Waals surface area (Å²) in [5.41, 5.74) is 5.18. The van der Waals surface area contributed by atoms with Crippen molar-refractivity contribution in [2.45, 2.75) is 262 Å². The van der Waals surface area contributed by atoms with Crippen LogP contribution in [0.3, 0.4) is 0 Å². The lowest BCUT2D eigenvalue weighted by Gasteiger charge is -2.63. The maximum atomic E-state index is 2.44. The molecule has 7 aliphatic carbocycles. The zero-order chi connectivity index (χ0) is 46.0. The van der Waals surface area contributed by atoms with E-state index in [4.69, 9.17) is 0 Å². The molecular weight excluding hydrogens is 721 g/mol. The average molecular weight is 836 g/mol. The molecule has 0 heterocycles. The van der Waals surface area contributed by atoms with Gasteiger partial charge in [-0.25, -0.2) is 0 Å². The third-order valence-electron chi connectivity index (χ3n) is 19.8.